The topological polar surface area (TPSA) is 44.1 Å². The van der Waals surface area contributed by atoms with Crippen molar-refractivity contribution in [3.63, 3.8) is 0 Å². The van der Waals surface area contributed by atoms with Gasteiger partial charge in [0.15, 0.2) is 5.69 Å². The van der Waals surface area contributed by atoms with Crippen molar-refractivity contribution in [1.82, 2.24) is 9.78 Å². The Morgan fingerprint density at radius 2 is 1.95 bits per heavy atom. The lowest BCUT2D eigenvalue weighted by molar-refractivity contribution is -0.141. The molecule has 21 heavy (non-hydrogen) atoms. The highest BCUT2D eigenvalue weighted by molar-refractivity contribution is 6.67. The lowest BCUT2D eigenvalue weighted by atomic mass is 10.2. The van der Waals surface area contributed by atoms with Crippen molar-refractivity contribution in [3.05, 3.63) is 47.3 Å². The largest absolute Gasteiger partial charge is 0.497 e. The molecule has 0 aliphatic heterocycles. The number of rotatable bonds is 4. The number of benzene rings is 1. The van der Waals surface area contributed by atoms with E-state index in [4.69, 9.17) is 16.3 Å². The molecule has 2 aromatic rings. The number of carbonyl (C=O) groups excluding carboxylic acids is 1. The van der Waals surface area contributed by atoms with Crippen molar-refractivity contribution in [2.24, 2.45) is 0 Å². The normalized spacial score (nSPS) is 11.5. The van der Waals surface area contributed by atoms with Gasteiger partial charge in [0.2, 0.25) is 0 Å². The van der Waals surface area contributed by atoms with Crippen LogP contribution in [0.2, 0.25) is 0 Å². The molecule has 0 saturated carbocycles. The molecular formula is C13H10ClF3N2O2. The van der Waals surface area contributed by atoms with E-state index in [0.717, 1.165) is 10.9 Å². The zero-order valence-electron chi connectivity index (χ0n) is 10.8. The Kier molecular flexibility index (Phi) is 4.22. The molecule has 0 amide bonds. The molecule has 0 radical (unpaired) electrons. The van der Waals surface area contributed by atoms with Crippen molar-refractivity contribution < 1.29 is 22.7 Å². The van der Waals surface area contributed by atoms with Gasteiger partial charge in [-0.3, -0.25) is 9.48 Å². The first-order valence-electron chi connectivity index (χ1n) is 5.78. The zero-order chi connectivity index (χ0) is 15.6. The monoisotopic (exact) mass is 318 g/mol. The minimum Gasteiger partial charge on any atom is -0.497 e. The third-order valence-electron chi connectivity index (χ3n) is 2.75. The van der Waals surface area contributed by atoms with Crippen LogP contribution in [0.25, 0.3) is 0 Å². The van der Waals surface area contributed by atoms with E-state index in [2.05, 4.69) is 5.10 Å². The predicted molar refractivity (Wildman–Crippen MR) is 69.5 cm³/mol. The summed E-state index contributed by atoms with van der Waals surface area (Å²) in [6, 6.07) is 6.74. The summed E-state index contributed by atoms with van der Waals surface area (Å²) in [7, 11) is 1.51. The standard InChI is InChI=1S/C13H10ClF3N2O2/c1-21-9-4-2-8(3-5-9)6-19-7-10(12(14)20)11(18-19)13(15,16)17/h2-5,7H,6H2,1H3. The Morgan fingerprint density at radius 1 is 1.33 bits per heavy atom. The Labute approximate surface area is 123 Å². The van der Waals surface area contributed by atoms with Crippen LogP contribution in [0.1, 0.15) is 21.6 Å². The lowest BCUT2D eigenvalue weighted by Crippen LogP contribution is -2.11. The summed E-state index contributed by atoms with van der Waals surface area (Å²) in [5, 5.41) is 2.20. The van der Waals surface area contributed by atoms with E-state index in [1.165, 1.54) is 7.11 Å². The molecule has 0 aliphatic rings. The molecule has 112 valence electrons. The van der Waals surface area contributed by atoms with Crippen LogP contribution in [0, 0.1) is 0 Å². The summed E-state index contributed by atoms with van der Waals surface area (Å²) < 4.78 is 44.3. The van der Waals surface area contributed by atoms with E-state index in [-0.39, 0.29) is 6.54 Å². The Morgan fingerprint density at radius 3 is 2.38 bits per heavy atom. The quantitative estimate of drug-likeness (QED) is 0.812. The van der Waals surface area contributed by atoms with Crippen LogP contribution in [0.4, 0.5) is 13.2 Å². The Hall–Kier alpha value is -2.02. The zero-order valence-corrected chi connectivity index (χ0v) is 11.6. The van der Waals surface area contributed by atoms with Gasteiger partial charge in [0.05, 0.1) is 19.2 Å². The first-order chi connectivity index (χ1) is 9.81. The maximum absolute atomic E-state index is 12.8. The number of carbonyl (C=O) groups is 1. The minimum atomic E-state index is -4.73. The summed E-state index contributed by atoms with van der Waals surface area (Å²) in [5.41, 5.74) is -1.23. The summed E-state index contributed by atoms with van der Waals surface area (Å²) in [5.74, 6) is 0.631. The van der Waals surface area contributed by atoms with Crippen molar-refractivity contribution in [1.29, 1.82) is 0 Å². The van der Waals surface area contributed by atoms with E-state index in [0.29, 0.717) is 11.3 Å². The third-order valence-corrected chi connectivity index (χ3v) is 2.95. The van der Waals surface area contributed by atoms with Crippen LogP contribution in [0.15, 0.2) is 30.5 Å². The molecule has 1 heterocycles. The highest BCUT2D eigenvalue weighted by atomic mass is 35.5. The Bertz CT molecular complexity index is 650. The fourth-order valence-corrected chi connectivity index (χ4v) is 1.91. The van der Waals surface area contributed by atoms with Gasteiger partial charge in [-0.25, -0.2) is 0 Å². The van der Waals surface area contributed by atoms with Gasteiger partial charge in [-0.05, 0) is 29.3 Å². The van der Waals surface area contributed by atoms with Gasteiger partial charge in [0, 0.05) is 6.20 Å². The van der Waals surface area contributed by atoms with Crippen LogP contribution in [0.3, 0.4) is 0 Å². The maximum Gasteiger partial charge on any atom is 0.435 e. The number of ether oxygens (including phenoxy) is 1. The molecule has 0 fully saturated rings. The van der Waals surface area contributed by atoms with Crippen LogP contribution >= 0.6 is 11.6 Å². The number of methoxy groups -OCH3 is 1. The number of hydrogen-bond acceptors (Lipinski definition) is 3. The van der Waals surface area contributed by atoms with Crippen molar-refractivity contribution in [3.8, 4) is 5.75 Å². The van der Waals surface area contributed by atoms with Gasteiger partial charge in [0.25, 0.3) is 5.24 Å². The molecule has 0 N–H and O–H groups in total. The van der Waals surface area contributed by atoms with E-state index in [1.54, 1.807) is 24.3 Å². The van der Waals surface area contributed by atoms with E-state index >= 15 is 0 Å². The van der Waals surface area contributed by atoms with Crippen LogP contribution in [-0.2, 0) is 12.7 Å². The third kappa shape index (κ3) is 3.55. The van der Waals surface area contributed by atoms with Crippen molar-refractivity contribution in [2.75, 3.05) is 7.11 Å². The molecule has 2 rings (SSSR count). The SMILES string of the molecule is COc1ccc(Cn2cc(C(=O)Cl)c(C(F)(F)F)n2)cc1. The fourth-order valence-electron chi connectivity index (χ4n) is 1.77. The minimum absolute atomic E-state index is 0.0806. The molecule has 0 aliphatic carbocycles. The summed E-state index contributed by atoms with van der Waals surface area (Å²) in [6.45, 7) is 0.0806. The van der Waals surface area contributed by atoms with Crippen LogP contribution < -0.4 is 4.74 Å². The number of alkyl halides is 3. The average molecular weight is 319 g/mol. The first-order valence-corrected chi connectivity index (χ1v) is 6.16. The van der Waals surface area contributed by atoms with Crippen LogP contribution in [0.5, 0.6) is 5.75 Å². The summed E-state index contributed by atoms with van der Waals surface area (Å²) in [6.07, 6.45) is -3.74. The molecule has 0 atom stereocenters. The van der Waals surface area contributed by atoms with E-state index in [1.807, 2.05) is 0 Å². The predicted octanol–water partition coefficient (Wildman–Crippen LogP) is 3.34. The number of nitrogens with zero attached hydrogens (tertiary/aromatic N) is 2. The second-order valence-corrected chi connectivity index (χ2v) is 4.55. The lowest BCUT2D eigenvalue weighted by Gasteiger charge is -2.04. The van der Waals surface area contributed by atoms with E-state index < -0.39 is 22.7 Å². The number of aromatic nitrogens is 2. The molecule has 0 spiro atoms. The van der Waals surface area contributed by atoms with Gasteiger partial charge in [-0.2, -0.15) is 18.3 Å². The van der Waals surface area contributed by atoms with Gasteiger partial charge in [-0.15, -0.1) is 0 Å². The number of halogens is 4. The first kappa shape index (κ1) is 15.4. The number of hydrogen-bond donors (Lipinski definition) is 0. The van der Waals surface area contributed by atoms with Gasteiger partial charge < -0.3 is 4.74 Å². The fraction of sp³-hybridized carbons (Fsp3) is 0.231. The summed E-state index contributed by atoms with van der Waals surface area (Å²) in [4.78, 5) is 11.1. The van der Waals surface area contributed by atoms with Crippen molar-refractivity contribution in [2.45, 2.75) is 12.7 Å². The molecule has 0 saturated heterocycles. The smallest absolute Gasteiger partial charge is 0.435 e. The van der Waals surface area contributed by atoms with Crippen LogP contribution in [-0.4, -0.2) is 22.1 Å². The molecule has 1 aromatic carbocycles. The molecule has 1 aromatic heterocycles. The highest BCUT2D eigenvalue weighted by Gasteiger charge is 2.38. The van der Waals surface area contributed by atoms with Gasteiger partial charge in [-0.1, -0.05) is 12.1 Å². The average Bonchev–Trinajstić information content (AvgIpc) is 2.84. The molecular weight excluding hydrogens is 309 g/mol. The maximum atomic E-state index is 12.8. The van der Waals surface area contributed by atoms with Gasteiger partial charge in [0.1, 0.15) is 5.75 Å². The van der Waals surface area contributed by atoms with E-state index in [9.17, 15) is 18.0 Å². The molecule has 0 unspecified atom stereocenters. The molecule has 8 heteroatoms. The Balaban J connectivity index is 2.30. The summed E-state index contributed by atoms with van der Waals surface area (Å²) >= 11 is 5.16. The molecule has 0 bridgehead atoms. The highest BCUT2D eigenvalue weighted by Crippen LogP contribution is 2.31. The van der Waals surface area contributed by atoms with Crippen molar-refractivity contribution >= 4 is 16.8 Å². The molecule has 4 nitrogen and oxygen atoms in total. The second-order valence-electron chi connectivity index (χ2n) is 4.21. The second kappa shape index (κ2) is 5.77. The van der Waals surface area contributed by atoms with Gasteiger partial charge >= 0.3 is 6.18 Å².